The molecule has 3 aliphatic heterocycles. The molecule has 2 N–H and O–H groups in total. The summed E-state index contributed by atoms with van der Waals surface area (Å²) in [6, 6.07) is 8.63. The molecule has 15 heteroatoms. The van der Waals surface area contributed by atoms with E-state index in [0.29, 0.717) is 18.7 Å². The van der Waals surface area contributed by atoms with Crippen molar-refractivity contribution < 1.29 is 33.6 Å². The van der Waals surface area contributed by atoms with Crippen LogP contribution >= 0.6 is 23.1 Å². The van der Waals surface area contributed by atoms with E-state index in [1.807, 2.05) is 12.3 Å². The Morgan fingerprint density at radius 3 is 2.70 bits per heavy atom. The van der Waals surface area contributed by atoms with Crippen molar-refractivity contribution >= 4 is 51.7 Å². The number of β-lactam (4-membered cyclic amide) rings is 1. The second kappa shape index (κ2) is 12.1. The Balaban J connectivity index is 1.10. The fourth-order valence-electron chi connectivity index (χ4n) is 5.64. The lowest BCUT2D eigenvalue weighted by Crippen LogP contribution is -2.63. The second-order valence-electron chi connectivity index (χ2n) is 10.9. The highest BCUT2D eigenvalue weighted by atomic mass is 32.2. The zero-order chi connectivity index (χ0) is 31.1. The van der Waals surface area contributed by atoms with Crippen molar-refractivity contribution in [2.45, 2.75) is 44.4 Å². The molecule has 4 atom stereocenters. The number of nitro benzene ring substituents is 1. The molecule has 0 spiro atoms. The van der Waals surface area contributed by atoms with Gasteiger partial charge >= 0.3 is 5.97 Å². The first kappa shape index (κ1) is 29.8. The molecular formula is C29H29N5O8S2. The van der Waals surface area contributed by atoms with Crippen molar-refractivity contribution in [2.75, 3.05) is 18.0 Å². The number of nitrogens with one attached hydrogen (secondary N) is 1. The largest absolute Gasteiger partial charge is 0.459 e. The van der Waals surface area contributed by atoms with E-state index in [9.17, 15) is 29.6 Å². The van der Waals surface area contributed by atoms with Gasteiger partial charge in [-0.25, -0.2) is 9.78 Å². The van der Waals surface area contributed by atoms with Crippen LogP contribution in [0.25, 0.3) is 0 Å². The number of rotatable bonds is 11. The summed E-state index contributed by atoms with van der Waals surface area (Å²) < 4.78 is 10.7. The van der Waals surface area contributed by atoms with E-state index in [1.54, 1.807) is 30.8 Å². The normalized spacial score (nSPS) is 21.9. The highest BCUT2D eigenvalue weighted by Gasteiger charge is 2.60. The van der Waals surface area contributed by atoms with Gasteiger partial charge < -0.3 is 29.4 Å². The van der Waals surface area contributed by atoms with E-state index in [1.165, 1.54) is 46.8 Å². The molecule has 0 bridgehead atoms. The smallest absolute Gasteiger partial charge is 0.356 e. The maximum atomic E-state index is 13.4. The van der Waals surface area contributed by atoms with Crippen LogP contribution in [0, 0.1) is 22.0 Å². The van der Waals surface area contributed by atoms with Gasteiger partial charge in [-0.15, -0.1) is 23.1 Å². The molecular weight excluding hydrogens is 610 g/mol. The summed E-state index contributed by atoms with van der Waals surface area (Å²) in [7, 11) is 0. The molecule has 3 aromatic rings. The fourth-order valence-corrected chi connectivity index (χ4v) is 8.00. The average molecular weight is 640 g/mol. The number of carbonyl (C=O) groups is 3. The Hall–Kier alpha value is -4.21. The van der Waals surface area contributed by atoms with Crippen LogP contribution in [0.3, 0.4) is 0 Å². The molecule has 5 heterocycles. The molecule has 230 valence electrons. The fraction of sp³-hybridized carbons (Fsp3) is 0.379. The molecule has 0 aliphatic carbocycles. The number of fused-ring (bicyclic) bond motifs is 1. The molecule has 0 saturated carbocycles. The number of non-ortho nitro benzene ring substituents is 1. The maximum Gasteiger partial charge on any atom is 0.356 e. The van der Waals surface area contributed by atoms with Gasteiger partial charge in [0.1, 0.15) is 12.3 Å². The van der Waals surface area contributed by atoms with Crippen LogP contribution in [-0.4, -0.2) is 68.2 Å². The third kappa shape index (κ3) is 5.57. The number of thiazole rings is 1. The molecule has 1 aromatic carbocycles. The number of aromatic nitrogens is 1. The van der Waals surface area contributed by atoms with E-state index in [0.717, 1.165) is 15.7 Å². The van der Waals surface area contributed by atoms with Crippen LogP contribution in [0.5, 0.6) is 0 Å². The summed E-state index contributed by atoms with van der Waals surface area (Å²) >= 11 is 3.02. The summed E-state index contributed by atoms with van der Waals surface area (Å²) in [5.41, 5.74) is 1.46. The van der Waals surface area contributed by atoms with E-state index in [-0.39, 0.29) is 59.3 Å². The third-order valence-electron chi connectivity index (χ3n) is 7.95. The monoisotopic (exact) mass is 639 g/mol. The number of anilines is 1. The number of nitro groups is 1. The number of thioether (sulfide) groups is 1. The van der Waals surface area contributed by atoms with E-state index in [2.05, 4.69) is 15.2 Å². The molecule has 6 rings (SSSR count). The predicted molar refractivity (Wildman–Crippen MR) is 160 cm³/mol. The number of ether oxygens (including phenoxy) is 1. The Morgan fingerprint density at radius 1 is 1.30 bits per heavy atom. The number of aliphatic hydroxyl groups is 1. The molecule has 2 saturated heterocycles. The van der Waals surface area contributed by atoms with Crippen molar-refractivity contribution in [1.82, 2.24) is 15.2 Å². The number of aliphatic hydroxyl groups excluding tert-OH is 1. The van der Waals surface area contributed by atoms with Gasteiger partial charge in [-0.05, 0) is 36.8 Å². The molecule has 0 unspecified atom stereocenters. The first-order valence-corrected chi connectivity index (χ1v) is 15.7. The lowest BCUT2D eigenvalue weighted by Gasteiger charge is -2.46. The minimum atomic E-state index is -0.852. The van der Waals surface area contributed by atoms with E-state index < -0.39 is 22.9 Å². The van der Waals surface area contributed by atoms with Crippen molar-refractivity contribution in [2.24, 2.45) is 11.8 Å². The van der Waals surface area contributed by atoms with Gasteiger partial charge in [0.2, 0.25) is 5.91 Å². The van der Waals surface area contributed by atoms with Crippen LogP contribution in [0.15, 0.2) is 63.1 Å². The lowest BCUT2D eigenvalue weighted by atomic mass is 9.79. The molecule has 2 fully saturated rings. The van der Waals surface area contributed by atoms with Crippen molar-refractivity contribution in [3.63, 3.8) is 0 Å². The number of carbonyl (C=O) groups excluding carboxylic acids is 3. The van der Waals surface area contributed by atoms with Crippen LogP contribution in [0.4, 0.5) is 10.8 Å². The number of furan rings is 1. The van der Waals surface area contributed by atoms with Crippen molar-refractivity contribution in [3.05, 3.63) is 85.8 Å². The van der Waals surface area contributed by atoms with Crippen LogP contribution in [0.1, 0.15) is 35.7 Å². The Bertz CT molecular complexity index is 1610. The maximum absolute atomic E-state index is 13.4. The molecule has 13 nitrogen and oxygen atoms in total. The predicted octanol–water partition coefficient (Wildman–Crippen LogP) is 3.31. The van der Waals surface area contributed by atoms with Gasteiger partial charge in [0.15, 0.2) is 10.9 Å². The lowest BCUT2D eigenvalue weighted by molar-refractivity contribution is -0.384. The summed E-state index contributed by atoms with van der Waals surface area (Å²) in [5.74, 6) is -1.79. The standard InChI is InChI=1S/C29H29N5O8S2/c1-15-23-22(16(2)35)27(37)33(23)24(28(38)42-13-17-5-7-19(8-6-17)34(39)40)25(15)44-20-11-32(12-20)29-31-18(14-43-29)10-30-26(36)21-4-3-9-41-21/h3-9,14-16,20,22-23,35H,10-13H2,1-2H3,(H,30,36)/t15-,16-,22-,23-/m1/s1. The van der Waals surface area contributed by atoms with Gasteiger partial charge in [-0.1, -0.05) is 6.92 Å². The summed E-state index contributed by atoms with van der Waals surface area (Å²) in [6.45, 7) is 5.06. The number of benzene rings is 1. The molecule has 0 radical (unpaired) electrons. The van der Waals surface area contributed by atoms with Gasteiger partial charge in [0, 0.05) is 46.7 Å². The summed E-state index contributed by atoms with van der Waals surface area (Å²) in [4.78, 5) is 58.0. The van der Waals surface area contributed by atoms with E-state index in [4.69, 9.17) is 9.15 Å². The SMILES string of the molecule is C[C@@H](O)[C@H]1C(=O)N2C(C(=O)OCc3ccc([N+](=O)[O-])cc3)=C(SC3CN(c4nc(CNC(=O)c5ccco5)cs4)C3)[C@H](C)[C@H]12. The first-order valence-electron chi connectivity index (χ1n) is 14.0. The number of esters is 1. The summed E-state index contributed by atoms with van der Waals surface area (Å²) in [5, 5.41) is 26.9. The quantitative estimate of drug-likeness (QED) is 0.137. The van der Waals surface area contributed by atoms with E-state index >= 15 is 0 Å². The number of nitrogens with zero attached hydrogens (tertiary/aromatic N) is 4. The Kier molecular flexibility index (Phi) is 8.18. The molecule has 2 aromatic heterocycles. The molecule has 2 amide bonds. The highest BCUT2D eigenvalue weighted by molar-refractivity contribution is 8.03. The average Bonchev–Trinajstić information content (AvgIpc) is 3.72. The van der Waals surface area contributed by atoms with Crippen LogP contribution in [0.2, 0.25) is 0 Å². The van der Waals surface area contributed by atoms with Gasteiger partial charge in [-0.2, -0.15) is 0 Å². The molecule has 3 aliphatic rings. The third-order valence-corrected chi connectivity index (χ3v) is 10.3. The minimum absolute atomic E-state index is 0.0652. The topological polar surface area (TPSA) is 168 Å². The first-order chi connectivity index (χ1) is 21.1. The van der Waals surface area contributed by atoms with Gasteiger partial charge in [0.05, 0.1) is 41.5 Å². The number of hydrogen-bond donors (Lipinski definition) is 2. The highest BCUT2D eigenvalue weighted by Crippen LogP contribution is 2.52. The summed E-state index contributed by atoms with van der Waals surface area (Å²) in [6.07, 6.45) is 0.589. The van der Waals surface area contributed by atoms with Crippen molar-refractivity contribution in [3.8, 4) is 0 Å². The van der Waals surface area contributed by atoms with Crippen LogP contribution < -0.4 is 10.2 Å². The number of amides is 2. The second-order valence-corrected chi connectivity index (χ2v) is 13.1. The Labute approximate surface area is 260 Å². The van der Waals surface area contributed by atoms with Gasteiger partial charge in [0.25, 0.3) is 11.6 Å². The van der Waals surface area contributed by atoms with Crippen LogP contribution in [-0.2, 0) is 27.5 Å². The molecule has 44 heavy (non-hydrogen) atoms. The Morgan fingerprint density at radius 2 is 2.05 bits per heavy atom. The zero-order valence-electron chi connectivity index (χ0n) is 23.7. The van der Waals surface area contributed by atoms with Crippen molar-refractivity contribution in [1.29, 1.82) is 0 Å². The minimum Gasteiger partial charge on any atom is -0.459 e. The number of hydrogen-bond acceptors (Lipinski definition) is 12. The van der Waals surface area contributed by atoms with Gasteiger partial charge in [-0.3, -0.25) is 19.7 Å². The zero-order valence-corrected chi connectivity index (χ0v) is 25.4.